The third-order valence-electron chi connectivity index (χ3n) is 2.01. The highest BCUT2D eigenvalue weighted by Gasteiger charge is 2.08. The van der Waals surface area contributed by atoms with Gasteiger partial charge < -0.3 is 15.6 Å². The van der Waals surface area contributed by atoms with Crippen LogP contribution in [0.25, 0.3) is 0 Å². The van der Waals surface area contributed by atoms with Crippen molar-refractivity contribution in [1.82, 2.24) is 14.9 Å². The van der Waals surface area contributed by atoms with E-state index in [-0.39, 0.29) is 5.91 Å². The van der Waals surface area contributed by atoms with Crippen molar-refractivity contribution in [2.45, 2.75) is 25.9 Å². The zero-order valence-corrected chi connectivity index (χ0v) is 8.31. The van der Waals surface area contributed by atoms with E-state index in [1.165, 1.54) is 0 Å². The average molecular weight is 196 g/mol. The normalized spacial score (nSPS) is 12.4. The zero-order valence-electron chi connectivity index (χ0n) is 8.31. The van der Waals surface area contributed by atoms with Crippen LogP contribution in [-0.2, 0) is 11.3 Å². The fourth-order valence-corrected chi connectivity index (χ4v) is 1.04. The number of aromatic nitrogens is 2. The molecule has 1 aromatic heterocycles. The SMILES string of the molecule is CC[C@@H](N)C(=O)NCCn1ccnc1. The summed E-state index contributed by atoms with van der Waals surface area (Å²) in [5, 5.41) is 2.76. The number of amides is 1. The molecule has 14 heavy (non-hydrogen) atoms. The summed E-state index contributed by atoms with van der Waals surface area (Å²) >= 11 is 0. The molecule has 0 saturated carbocycles. The largest absolute Gasteiger partial charge is 0.353 e. The molecule has 78 valence electrons. The molecule has 0 fully saturated rings. The maximum absolute atomic E-state index is 11.2. The Bertz CT molecular complexity index is 270. The lowest BCUT2D eigenvalue weighted by atomic mass is 10.2. The molecule has 5 heteroatoms. The summed E-state index contributed by atoms with van der Waals surface area (Å²) in [6.45, 7) is 3.20. The Hall–Kier alpha value is -1.36. The quantitative estimate of drug-likeness (QED) is 0.681. The van der Waals surface area contributed by atoms with Crippen molar-refractivity contribution in [3.63, 3.8) is 0 Å². The predicted molar refractivity (Wildman–Crippen MR) is 53.5 cm³/mol. The van der Waals surface area contributed by atoms with E-state index in [1.807, 2.05) is 17.7 Å². The number of imidazole rings is 1. The summed E-state index contributed by atoms with van der Waals surface area (Å²) in [6, 6.07) is -0.391. The maximum Gasteiger partial charge on any atom is 0.236 e. The van der Waals surface area contributed by atoms with Gasteiger partial charge in [-0.3, -0.25) is 4.79 Å². The van der Waals surface area contributed by atoms with Gasteiger partial charge in [0.1, 0.15) is 0 Å². The van der Waals surface area contributed by atoms with E-state index >= 15 is 0 Å². The second-order valence-corrected chi connectivity index (χ2v) is 3.11. The van der Waals surface area contributed by atoms with Crippen molar-refractivity contribution in [2.24, 2.45) is 5.73 Å². The summed E-state index contributed by atoms with van der Waals surface area (Å²) < 4.78 is 1.90. The van der Waals surface area contributed by atoms with Gasteiger partial charge in [0, 0.05) is 25.5 Å². The van der Waals surface area contributed by atoms with Gasteiger partial charge in [-0.2, -0.15) is 0 Å². The van der Waals surface area contributed by atoms with Gasteiger partial charge in [0.2, 0.25) is 5.91 Å². The van der Waals surface area contributed by atoms with Crippen LogP contribution < -0.4 is 11.1 Å². The number of rotatable bonds is 5. The summed E-state index contributed by atoms with van der Waals surface area (Å²) in [7, 11) is 0. The molecular formula is C9H16N4O. The number of carbonyl (C=O) groups excluding carboxylic acids is 1. The first-order valence-electron chi connectivity index (χ1n) is 4.73. The molecule has 0 spiro atoms. The Kier molecular flexibility index (Phi) is 4.12. The lowest BCUT2D eigenvalue weighted by Gasteiger charge is -2.09. The van der Waals surface area contributed by atoms with Crippen LogP contribution in [0.1, 0.15) is 13.3 Å². The number of nitrogens with zero attached hydrogens (tertiary/aromatic N) is 2. The van der Waals surface area contributed by atoms with Crippen molar-refractivity contribution >= 4 is 5.91 Å². The molecule has 0 saturated heterocycles. The van der Waals surface area contributed by atoms with E-state index in [1.54, 1.807) is 12.5 Å². The summed E-state index contributed by atoms with van der Waals surface area (Å²) in [4.78, 5) is 15.1. The van der Waals surface area contributed by atoms with Gasteiger partial charge in [-0.05, 0) is 6.42 Å². The van der Waals surface area contributed by atoms with Crippen LogP contribution in [0.4, 0.5) is 0 Å². The van der Waals surface area contributed by atoms with Gasteiger partial charge in [0.05, 0.1) is 12.4 Å². The smallest absolute Gasteiger partial charge is 0.236 e. The summed E-state index contributed by atoms with van der Waals surface area (Å²) in [5.41, 5.74) is 5.54. The minimum absolute atomic E-state index is 0.0902. The number of carbonyl (C=O) groups is 1. The molecule has 3 N–H and O–H groups in total. The monoisotopic (exact) mass is 196 g/mol. The lowest BCUT2D eigenvalue weighted by Crippen LogP contribution is -2.41. The molecule has 0 aromatic carbocycles. The van der Waals surface area contributed by atoms with Crippen LogP contribution in [0.15, 0.2) is 18.7 Å². The van der Waals surface area contributed by atoms with Crippen LogP contribution in [0.2, 0.25) is 0 Å². The lowest BCUT2D eigenvalue weighted by molar-refractivity contribution is -0.122. The fraction of sp³-hybridized carbons (Fsp3) is 0.556. The highest BCUT2D eigenvalue weighted by Crippen LogP contribution is 1.87. The third kappa shape index (κ3) is 3.18. The van der Waals surface area contributed by atoms with Crippen molar-refractivity contribution in [2.75, 3.05) is 6.54 Å². The molecule has 0 aliphatic heterocycles. The first kappa shape index (κ1) is 10.7. The predicted octanol–water partition coefficient (Wildman–Crippen LogP) is -0.263. The average Bonchev–Trinajstić information content (AvgIpc) is 2.69. The number of hydrogen-bond donors (Lipinski definition) is 2. The molecule has 0 bridgehead atoms. The Morgan fingerprint density at radius 1 is 1.71 bits per heavy atom. The van der Waals surface area contributed by atoms with E-state index in [0.717, 1.165) is 6.54 Å². The molecule has 5 nitrogen and oxygen atoms in total. The zero-order chi connectivity index (χ0) is 10.4. The van der Waals surface area contributed by atoms with Crippen LogP contribution in [-0.4, -0.2) is 28.0 Å². The first-order valence-corrected chi connectivity index (χ1v) is 4.73. The number of hydrogen-bond acceptors (Lipinski definition) is 3. The maximum atomic E-state index is 11.2. The molecule has 1 amide bonds. The van der Waals surface area contributed by atoms with Crippen LogP contribution in [0.5, 0.6) is 0 Å². The minimum atomic E-state index is -0.391. The second-order valence-electron chi connectivity index (χ2n) is 3.11. The Morgan fingerprint density at radius 3 is 3.07 bits per heavy atom. The van der Waals surface area contributed by atoms with Crippen molar-refractivity contribution < 1.29 is 4.79 Å². The molecule has 1 aromatic rings. The standard InChI is InChI=1S/C9H16N4O/c1-2-8(10)9(14)12-4-6-13-5-3-11-7-13/h3,5,7-8H,2,4,6,10H2,1H3,(H,12,14)/t8-/m1/s1. The molecule has 1 rings (SSSR count). The van der Waals surface area contributed by atoms with E-state index in [9.17, 15) is 4.79 Å². The van der Waals surface area contributed by atoms with Gasteiger partial charge in [-0.1, -0.05) is 6.92 Å². The van der Waals surface area contributed by atoms with Crippen LogP contribution in [0, 0.1) is 0 Å². The first-order chi connectivity index (χ1) is 6.74. The summed E-state index contributed by atoms with van der Waals surface area (Å²) in [6.07, 6.45) is 5.94. The van der Waals surface area contributed by atoms with Crippen molar-refractivity contribution in [3.8, 4) is 0 Å². The Morgan fingerprint density at radius 2 is 2.50 bits per heavy atom. The van der Waals surface area contributed by atoms with Gasteiger partial charge in [-0.25, -0.2) is 4.98 Å². The molecule has 0 unspecified atom stereocenters. The molecule has 1 atom stereocenters. The second kappa shape index (κ2) is 5.39. The number of nitrogens with one attached hydrogen (secondary N) is 1. The highest BCUT2D eigenvalue weighted by molar-refractivity contribution is 5.81. The highest BCUT2D eigenvalue weighted by atomic mass is 16.2. The van der Waals surface area contributed by atoms with Gasteiger partial charge in [0.15, 0.2) is 0 Å². The van der Waals surface area contributed by atoms with Crippen molar-refractivity contribution in [3.05, 3.63) is 18.7 Å². The van der Waals surface area contributed by atoms with E-state index in [2.05, 4.69) is 10.3 Å². The van der Waals surface area contributed by atoms with E-state index in [0.29, 0.717) is 13.0 Å². The Labute approximate surface area is 83.3 Å². The van der Waals surface area contributed by atoms with Crippen LogP contribution >= 0.6 is 0 Å². The minimum Gasteiger partial charge on any atom is -0.353 e. The molecule has 0 radical (unpaired) electrons. The van der Waals surface area contributed by atoms with Gasteiger partial charge >= 0.3 is 0 Å². The Balaban J connectivity index is 2.18. The van der Waals surface area contributed by atoms with Crippen LogP contribution in [0.3, 0.4) is 0 Å². The molecule has 0 aliphatic carbocycles. The summed E-state index contributed by atoms with van der Waals surface area (Å²) in [5.74, 6) is -0.0902. The van der Waals surface area contributed by atoms with E-state index in [4.69, 9.17) is 5.73 Å². The van der Waals surface area contributed by atoms with Gasteiger partial charge in [0.25, 0.3) is 0 Å². The van der Waals surface area contributed by atoms with Crippen molar-refractivity contribution in [1.29, 1.82) is 0 Å². The number of nitrogens with two attached hydrogens (primary N) is 1. The third-order valence-corrected chi connectivity index (χ3v) is 2.01. The fourth-order valence-electron chi connectivity index (χ4n) is 1.04. The van der Waals surface area contributed by atoms with Gasteiger partial charge in [-0.15, -0.1) is 0 Å². The van der Waals surface area contributed by atoms with E-state index < -0.39 is 6.04 Å². The molecule has 1 heterocycles. The topological polar surface area (TPSA) is 72.9 Å². The molecular weight excluding hydrogens is 180 g/mol. The molecule has 0 aliphatic rings.